The van der Waals surface area contributed by atoms with Crippen LogP contribution in [0.25, 0.3) is 11.0 Å². The number of amides is 1. The van der Waals surface area contributed by atoms with Crippen LogP contribution in [-0.2, 0) is 16.1 Å². The summed E-state index contributed by atoms with van der Waals surface area (Å²) in [7, 11) is 0. The highest BCUT2D eigenvalue weighted by molar-refractivity contribution is 5.78. The fourth-order valence-electron chi connectivity index (χ4n) is 3.16. The van der Waals surface area contributed by atoms with Crippen LogP contribution in [0, 0.1) is 0 Å². The molecule has 3 heterocycles. The molecule has 1 aliphatic heterocycles. The second-order valence-corrected chi connectivity index (χ2v) is 5.87. The van der Waals surface area contributed by atoms with Gasteiger partial charge in [-0.3, -0.25) is 9.89 Å². The molecular weight excluding hydrogens is 306 g/mol. The fourth-order valence-corrected chi connectivity index (χ4v) is 3.16. The van der Waals surface area contributed by atoms with E-state index < -0.39 is 0 Å². The molecule has 1 N–H and O–H groups in total. The maximum Gasteiger partial charge on any atom is 0.225 e. The zero-order chi connectivity index (χ0) is 16.4. The summed E-state index contributed by atoms with van der Waals surface area (Å²) in [5.74, 6) is 0.121. The summed E-state index contributed by atoms with van der Waals surface area (Å²) in [6, 6.07) is 9.75. The summed E-state index contributed by atoms with van der Waals surface area (Å²) >= 11 is 0. The van der Waals surface area contributed by atoms with Gasteiger partial charge in [0.25, 0.3) is 0 Å². The molecule has 7 nitrogen and oxygen atoms in total. The van der Waals surface area contributed by atoms with Gasteiger partial charge in [0.05, 0.1) is 42.3 Å². The molecule has 1 aliphatic rings. The lowest BCUT2D eigenvalue weighted by atomic mass is 10.1. The van der Waals surface area contributed by atoms with Gasteiger partial charge in [0, 0.05) is 25.7 Å². The molecule has 0 spiro atoms. The van der Waals surface area contributed by atoms with Crippen LogP contribution in [0.5, 0.6) is 0 Å². The van der Waals surface area contributed by atoms with Gasteiger partial charge in [-0.2, -0.15) is 5.10 Å². The lowest BCUT2D eigenvalue weighted by molar-refractivity contribution is -0.140. The molecule has 2 aromatic heterocycles. The van der Waals surface area contributed by atoms with E-state index >= 15 is 0 Å². The minimum atomic E-state index is -0.0896. The van der Waals surface area contributed by atoms with E-state index in [9.17, 15) is 4.79 Å². The topological polar surface area (TPSA) is 76.0 Å². The van der Waals surface area contributed by atoms with Gasteiger partial charge >= 0.3 is 0 Å². The molecule has 1 atom stereocenters. The molecular formula is C17H19N5O2. The Kier molecular flexibility index (Phi) is 4.00. The van der Waals surface area contributed by atoms with Crippen molar-refractivity contribution in [2.45, 2.75) is 19.0 Å². The number of carbonyl (C=O) groups is 1. The Bertz CT molecular complexity index is 827. The summed E-state index contributed by atoms with van der Waals surface area (Å²) in [5, 5.41) is 6.93. The number of imidazole rings is 1. The summed E-state index contributed by atoms with van der Waals surface area (Å²) in [5.41, 5.74) is 2.92. The minimum absolute atomic E-state index is 0.0896. The predicted molar refractivity (Wildman–Crippen MR) is 88.2 cm³/mol. The number of aromatic nitrogens is 4. The zero-order valence-corrected chi connectivity index (χ0v) is 13.3. The zero-order valence-electron chi connectivity index (χ0n) is 13.3. The van der Waals surface area contributed by atoms with E-state index in [0.29, 0.717) is 32.7 Å². The molecule has 0 saturated carbocycles. The number of ether oxygens (including phenoxy) is 1. The third-order valence-corrected chi connectivity index (χ3v) is 4.42. The van der Waals surface area contributed by atoms with Gasteiger partial charge in [-0.05, 0) is 18.2 Å². The lowest BCUT2D eigenvalue weighted by Crippen LogP contribution is -2.43. The number of morpholine rings is 1. The SMILES string of the molecule is O=C(CCn1cnc2ccccc21)N1CCOCC1c1ccn[nH]1. The number of nitrogens with zero attached hydrogens (tertiary/aromatic N) is 4. The molecule has 7 heteroatoms. The predicted octanol–water partition coefficient (Wildman–Crippen LogP) is 1.75. The number of H-pyrrole nitrogens is 1. The third-order valence-electron chi connectivity index (χ3n) is 4.42. The molecule has 1 saturated heterocycles. The molecule has 124 valence electrons. The van der Waals surface area contributed by atoms with Crippen LogP contribution in [0.2, 0.25) is 0 Å². The Morgan fingerprint density at radius 3 is 3.12 bits per heavy atom. The molecule has 1 fully saturated rings. The summed E-state index contributed by atoms with van der Waals surface area (Å²) in [4.78, 5) is 19.0. The first-order chi connectivity index (χ1) is 11.8. The molecule has 4 rings (SSSR count). The summed E-state index contributed by atoms with van der Waals surface area (Å²) < 4.78 is 7.56. The molecule has 24 heavy (non-hydrogen) atoms. The standard InChI is InChI=1S/C17H19N5O2/c23-17(6-8-21-12-18-13-3-1-2-4-15(13)21)22-9-10-24-11-16(22)14-5-7-19-20-14/h1-5,7,12,16H,6,8-11H2,(H,19,20). The fraction of sp³-hybridized carbons (Fsp3) is 0.353. The highest BCUT2D eigenvalue weighted by Crippen LogP contribution is 2.23. The molecule has 1 amide bonds. The van der Waals surface area contributed by atoms with E-state index in [0.717, 1.165) is 16.7 Å². The first-order valence-corrected chi connectivity index (χ1v) is 8.09. The van der Waals surface area contributed by atoms with Gasteiger partial charge < -0.3 is 14.2 Å². The van der Waals surface area contributed by atoms with Crippen LogP contribution in [0.15, 0.2) is 42.9 Å². The smallest absolute Gasteiger partial charge is 0.225 e. The number of aryl methyl sites for hydroxylation is 1. The molecule has 0 aliphatic carbocycles. The lowest BCUT2D eigenvalue weighted by Gasteiger charge is -2.35. The van der Waals surface area contributed by atoms with Gasteiger partial charge in [-0.25, -0.2) is 4.98 Å². The van der Waals surface area contributed by atoms with Crippen molar-refractivity contribution in [3.63, 3.8) is 0 Å². The number of hydrogen-bond acceptors (Lipinski definition) is 4. The van der Waals surface area contributed by atoms with Gasteiger partial charge in [0.1, 0.15) is 0 Å². The Balaban J connectivity index is 1.47. The molecule has 0 radical (unpaired) electrons. The number of rotatable bonds is 4. The number of hydrogen-bond donors (Lipinski definition) is 1. The second-order valence-electron chi connectivity index (χ2n) is 5.87. The van der Waals surface area contributed by atoms with Gasteiger partial charge in [-0.1, -0.05) is 12.1 Å². The van der Waals surface area contributed by atoms with Crippen LogP contribution in [0.1, 0.15) is 18.2 Å². The normalized spacial score (nSPS) is 18.2. The maximum atomic E-state index is 12.7. The Labute approximate surface area is 139 Å². The average molecular weight is 325 g/mol. The molecule has 0 bridgehead atoms. The van der Waals surface area contributed by atoms with E-state index in [1.807, 2.05) is 39.8 Å². The molecule has 1 aromatic carbocycles. The van der Waals surface area contributed by atoms with E-state index in [1.165, 1.54) is 0 Å². The van der Waals surface area contributed by atoms with Crippen molar-refractivity contribution in [2.24, 2.45) is 0 Å². The number of carbonyl (C=O) groups excluding carboxylic acids is 1. The van der Waals surface area contributed by atoms with Crippen LogP contribution in [0.3, 0.4) is 0 Å². The quantitative estimate of drug-likeness (QED) is 0.793. The Morgan fingerprint density at radius 2 is 2.25 bits per heavy atom. The van der Waals surface area contributed by atoms with Crippen LogP contribution >= 0.6 is 0 Å². The van der Waals surface area contributed by atoms with Crippen molar-refractivity contribution in [1.29, 1.82) is 0 Å². The number of para-hydroxylation sites is 2. The second kappa shape index (κ2) is 6.45. The van der Waals surface area contributed by atoms with Crippen molar-refractivity contribution in [3.05, 3.63) is 48.5 Å². The maximum absolute atomic E-state index is 12.7. The van der Waals surface area contributed by atoms with E-state index in [2.05, 4.69) is 15.2 Å². The number of benzene rings is 1. The van der Waals surface area contributed by atoms with Crippen molar-refractivity contribution in [2.75, 3.05) is 19.8 Å². The summed E-state index contributed by atoms with van der Waals surface area (Å²) in [6.07, 6.45) is 3.93. The minimum Gasteiger partial charge on any atom is -0.377 e. The number of fused-ring (bicyclic) bond motifs is 1. The molecule has 3 aromatic rings. The third kappa shape index (κ3) is 2.78. The van der Waals surface area contributed by atoms with Crippen molar-refractivity contribution >= 4 is 16.9 Å². The number of nitrogens with one attached hydrogen (secondary N) is 1. The summed E-state index contributed by atoms with van der Waals surface area (Å²) in [6.45, 7) is 2.30. The Hall–Kier alpha value is -2.67. The van der Waals surface area contributed by atoms with Gasteiger partial charge in [0.15, 0.2) is 0 Å². The largest absolute Gasteiger partial charge is 0.377 e. The first-order valence-electron chi connectivity index (χ1n) is 8.09. The van der Waals surface area contributed by atoms with Crippen molar-refractivity contribution in [3.8, 4) is 0 Å². The molecule has 1 unspecified atom stereocenters. The van der Waals surface area contributed by atoms with Crippen LogP contribution < -0.4 is 0 Å². The van der Waals surface area contributed by atoms with Gasteiger partial charge in [-0.15, -0.1) is 0 Å². The monoisotopic (exact) mass is 325 g/mol. The average Bonchev–Trinajstić information content (AvgIpc) is 3.30. The van der Waals surface area contributed by atoms with E-state index in [1.54, 1.807) is 12.5 Å². The first kappa shape index (κ1) is 14.9. The highest BCUT2D eigenvalue weighted by Gasteiger charge is 2.29. The van der Waals surface area contributed by atoms with Crippen LogP contribution in [0.4, 0.5) is 0 Å². The highest BCUT2D eigenvalue weighted by atomic mass is 16.5. The van der Waals surface area contributed by atoms with Crippen molar-refractivity contribution < 1.29 is 9.53 Å². The van der Waals surface area contributed by atoms with Gasteiger partial charge in [0.2, 0.25) is 5.91 Å². The number of aromatic amines is 1. The van der Waals surface area contributed by atoms with E-state index in [-0.39, 0.29) is 11.9 Å². The van der Waals surface area contributed by atoms with Crippen LogP contribution in [-0.4, -0.2) is 50.3 Å². The Morgan fingerprint density at radius 1 is 1.33 bits per heavy atom. The van der Waals surface area contributed by atoms with Crippen molar-refractivity contribution in [1.82, 2.24) is 24.6 Å². The van der Waals surface area contributed by atoms with E-state index in [4.69, 9.17) is 4.74 Å².